The minimum absolute atomic E-state index is 0.183. The number of nitrogens with one attached hydrogen (secondary N) is 1. The van der Waals surface area contributed by atoms with E-state index >= 15 is 0 Å². The normalized spacial score (nSPS) is 10.4. The number of rotatable bonds is 4. The van der Waals surface area contributed by atoms with Crippen molar-refractivity contribution in [1.82, 2.24) is 0 Å². The van der Waals surface area contributed by atoms with Crippen LogP contribution in [-0.4, -0.2) is 13.1 Å². The van der Waals surface area contributed by atoms with Crippen molar-refractivity contribution in [2.24, 2.45) is 0 Å². The number of carbonyl (C=O) groups is 1. The molecule has 0 radical (unpaired) electrons. The van der Waals surface area contributed by atoms with Crippen LogP contribution in [-0.2, 0) is 11.3 Å². The van der Waals surface area contributed by atoms with Gasteiger partial charge in [0.15, 0.2) is 0 Å². The van der Waals surface area contributed by atoms with Crippen molar-refractivity contribution in [1.29, 1.82) is 0 Å². The van der Waals surface area contributed by atoms with E-state index < -0.39 is 11.8 Å². The number of anilines is 1. The smallest absolute Gasteiger partial charge is 0.340 e. The average Bonchev–Trinajstić information content (AvgIpc) is 2.75. The standard InChI is InChI=1S/C13H10Br2FNO2S/c1-19-13(18)9-4-7(16)2-3-11(9)17-6-8-5-10(14)12(15)20-8/h2-5,17H,6H2,1H3. The van der Waals surface area contributed by atoms with Crippen LogP contribution in [0.2, 0.25) is 0 Å². The highest BCUT2D eigenvalue weighted by Crippen LogP contribution is 2.33. The van der Waals surface area contributed by atoms with E-state index in [1.807, 2.05) is 6.07 Å². The molecule has 1 aromatic carbocycles. The highest BCUT2D eigenvalue weighted by molar-refractivity contribution is 9.13. The van der Waals surface area contributed by atoms with Gasteiger partial charge in [0, 0.05) is 21.6 Å². The number of ether oxygens (including phenoxy) is 1. The minimum Gasteiger partial charge on any atom is -0.465 e. The Hall–Kier alpha value is -0.920. The fourth-order valence-corrected chi connectivity index (χ4v) is 3.73. The quantitative estimate of drug-likeness (QED) is 0.718. The number of benzene rings is 1. The van der Waals surface area contributed by atoms with Crippen LogP contribution < -0.4 is 5.32 Å². The first kappa shape index (κ1) is 15.5. The van der Waals surface area contributed by atoms with Gasteiger partial charge < -0.3 is 10.1 Å². The third kappa shape index (κ3) is 3.59. The molecule has 2 aromatic rings. The van der Waals surface area contributed by atoms with Gasteiger partial charge in [-0.25, -0.2) is 9.18 Å². The second-order valence-electron chi connectivity index (χ2n) is 3.87. The lowest BCUT2D eigenvalue weighted by Crippen LogP contribution is -2.08. The molecular weight excluding hydrogens is 413 g/mol. The molecule has 2 rings (SSSR count). The van der Waals surface area contributed by atoms with E-state index in [1.54, 1.807) is 11.3 Å². The zero-order valence-corrected chi connectivity index (χ0v) is 14.4. The van der Waals surface area contributed by atoms with Crippen LogP contribution in [0.25, 0.3) is 0 Å². The largest absolute Gasteiger partial charge is 0.465 e. The van der Waals surface area contributed by atoms with Crippen LogP contribution in [0, 0.1) is 5.82 Å². The fraction of sp³-hybridized carbons (Fsp3) is 0.154. The van der Waals surface area contributed by atoms with E-state index in [4.69, 9.17) is 0 Å². The molecular formula is C13H10Br2FNO2S. The summed E-state index contributed by atoms with van der Waals surface area (Å²) in [6.07, 6.45) is 0. The summed E-state index contributed by atoms with van der Waals surface area (Å²) in [5, 5.41) is 3.11. The SMILES string of the molecule is COC(=O)c1cc(F)ccc1NCc1cc(Br)c(Br)s1. The molecule has 1 heterocycles. The van der Waals surface area contributed by atoms with Gasteiger partial charge in [-0.2, -0.15) is 0 Å². The van der Waals surface area contributed by atoms with Gasteiger partial charge in [-0.15, -0.1) is 11.3 Å². The lowest BCUT2D eigenvalue weighted by molar-refractivity contribution is 0.0601. The fourth-order valence-electron chi connectivity index (χ4n) is 1.61. The molecule has 1 aromatic heterocycles. The van der Waals surface area contributed by atoms with Crippen molar-refractivity contribution >= 4 is 54.9 Å². The van der Waals surface area contributed by atoms with Crippen molar-refractivity contribution in [3.05, 3.63) is 48.8 Å². The van der Waals surface area contributed by atoms with E-state index in [9.17, 15) is 9.18 Å². The van der Waals surface area contributed by atoms with Gasteiger partial charge in [0.2, 0.25) is 0 Å². The first-order valence-electron chi connectivity index (χ1n) is 5.56. The number of thiophene rings is 1. The highest BCUT2D eigenvalue weighted by Gasteiger charge is 2.13. The lowest BCUT2D eigenvalue weighted by Gasteiger charge is -2.10. The monoisotopic (exact) mass is 421 g/mol. The molecule has 7 heteroatoms. The first-order valence-corrected chi connectivity index (χ1v) is 7.97. The van der Waals surface area contributed by atoms with Crippen molar-refractivity contribution in [2.45, 2.75) is 6.54 Å². The molecule has 0 atom stereocenters. The Bertz CT molecular complexity index is 626. The maximum atomic E-state index is 13.2. The van der Waals surface area contributed by atoms with Crippen molar-refractivity contribution in [3.8, 4) is 0 Å². The number of methoxy groups -OCH3 is 1. The predicted octanol–water partition coefficient (Wildman–Crippen LogP) is 4.81. The molecule has 0 bridgehead atoms. The van der Waals surface area contributed by atoms with E-state index in [1.165, 1.54) is 19.2 Å². The van der Waals surface area contributed by atoms with Crippen molar-refractivity contribution in [3.63, 3.8) is 0 Å². The Kier molecular flexibility index (Phi) is 5.17. The van der Waals surface area contributed by atoms with Crippen molar-refractivity contribution < 1.29 is 13.9 Å². The van der Waals surface area contributed by atoms with Crippen molar-refractivity contribution in [2.75, 3.05) is 12.4 Å². The van der Waals surface area contributed by atoms with Crippen LogP contribution in [0.3, 0.4) is 0 Å². The molecule has 0 aliphatic heterocycles. The Morgan fingerprint density at radius 2 is 2.15 bits per heavy atom. The van der Waals surface area contributed by atoms with E-state index in [0.29, 0.717) is 12.2 Å². The number of hydrogen-bond acceptors (Lipinski definition) is 4. The second-order valence-corrected chi connectivity index (χ2v) is 7.18. The Morgan fingerprint density at radius 3 is 2.75 bits per heavy atom. The summed E-state index contributed by atoms with van der Waals surface area (Å²) >= 11 is 8.41. The summed E-state index contributed by atoms with van der Waals surface area (Å²) in [6.45, 7) is 0.532. The van der Waals surface area contributed by atoms with Crippen LogP contribution in [0.5, 0.6) is 0 Å². The van der Waals surface area contributed by atoms with E-state index in [2.05, 4.69) is 41.9 Å². The van der Waals surface area contributed by atoms with Crippen LogP contribution in [0.1, 0.15) is 15.2 Å². The zero-order chi connectivity index (χ0) is 14.7. The molecule has 0 amide bonds. The summed E-state index contributed by atoms with van der Waals surface area (Å²) in [6, 6.07) is 5.96. The van der Waals surface area contributed by atoms with Gasteiger partial charge in [0.25, 0.3) is 0 Å². The minimum atomic E-state index is -0.569. The van der Waals surface area contributed by atoms with Gasteiger partial charge >= 0.3 is 5.97 Å². The Balaban J connectivity index is 2.18. The molecule has 3 nitrogen and oxygen atoms in total. The van der Waals surface area contributed by atoms with E-state index in [0.717, 1.165) is 19.2 Å². The summed E-state index contributed by atoms with van der Waals surface area (Å²) in [7, 11) is 1.27. The molecule has 0 saturated carbocycles. The number of halogens is 3. The van der Waals surface area contributed by atoms with Gasteiger partial charge in [-0.05, 0) is 56.1 Å². The van der Waals surface area contributed by atoms with E-state index in [-0.39, 0.29) is 5.56 Å². The molecule has 1 N–H and O–H groups in total. The Morgan fingerprint density at radius 1 is 1.40 bits per heavy atom. The predicted molar refractivity (Wildman–Crippen MR) is 84.8 cm³/mol. The van der Waals surface area contributed by atoms with Crippen LogP contribution in [0.4, 0.5) is 10.1 Å². The topological polar surface area (TPSA) is 38.3 Å². The first-order chi connectivity index (χ1) is 9.51. The lowest BCUT2D eigenvalue weighted by atomic mass is 10.1. The maximum absolute atomic E-state index is 13.2. The van der Waals surface area contributed by atoms with Gasteiger partial charge in [0.1, 0.15) is 5.82 Å². The molecule has 0 unspecified atom stereocenters. The molecule has 0 fully saturated rings. The van der Waals surface area contributed by atoms with Gasteiger partial charge in [-0.1, -0.05) is 0 Å². The molecule has 106 valence electrons. The summed E-state index contributed by atoms with van der Waals surface area (Å²) < 4.78 is 19.8. The average molecular weight is 423 g/mol. The zero-order valence-electron chi connectivity index (χ0n) is 10.4. The summed E-state index contributed by atoms with van der Waals surface area (Å²) in [4.78, 5) is 12.7. The summed E-state index contributed by atoms with van der Waals surface area (Å²) in [5.74, 6) is -1.04. The third-order valence-electron chi connectivity index (χ3n) is 2.54. The molecule has 0 spiro atoms. The Labute approximate surface area is 136 Å². The van der Waals surface area contributed by atoms with Gasteiger partial charge in [-0.3, -0.25) is 0 Å². The van der Waals surface area contributed by atoms with Crippen LogP contribution in [0.15, 0.2) is 32.5 Å². The molecule has 0 aliphatic rings. The number of carbonyl (C=O) groups excluding carboxylic acids is 1. The second kappa shape index (κ2) is 6.69. The molecule has 0 saturated heterocycles. The molecule has 20 heavy (non-hydrogen) atoms. The number of hydrogen-bond donors (Lipinski definition) is 1. The van der Waals surface area contributed by atoms with Gasteiger partial charge in [0.05, 0.1) is 16.5 Å². The summed E-state index contributed by atoms with van der Waals surface area (Å²) in [5.41, 5.74) is 0.723. The third-order valence-corrected chi connectivity index (χ3v) is 5.79. The molecule has 0 aliphatic carbocycles. The maximum Gasteiger partial charge on any atom is 0.340 e. The highest BCUT2D eigenvalue weighted by atomic mass is 79.9. The van der Waals surface area contributed by atoms with Crippen LogP contribution >= 0.6 is 43.2 Å². The number of esters is 1.